The molecule has 4 nitrogen and oxygen atoms in total. The summed E-state index contributed by atoms with van der Waals surface area (Å²) in [5.41, 5.74) is 6.89. The first-order valence-corrected chi connectivity index (χ1v) is 51.3. The van der Waals surface area contributed by atoms with Gasteiger partial charge in [-0.3, -0.25) is 0 Å². The first-order chi connectivity index (χ1) is 83.9. The maximum absolute atomic E-state index is 9.47. The molecule has 0 amide bonds. The molecule has 27 aromatic rings. The van der Waals surface area contributed by atoms with Crippen molar-refractivity contribution in [2.24, 2.45) is 0 Å². The molecule has 0 spiro atoms. The van der Waals surface area contributed by atoms with Crippen molar-refractivity contribution < 1.29 is 41.1 Å². The van der Waals surface area contributed by atoms with Crippen molar-refractivity contribution in [3.05, 3.63) is 582 Å². The maximum Gasteiger partial charge on any atom is 0.179 e. The van der Waals surface area contributed by atoms with Crippen molar-refractivity contribution in [1.29, 1.82) is 0 Å². The van der Waals surface area contributed by atoms with Crippen LogP contribution in [0, 0.1) is 0 Å². The van der Waals surface area contributed by atoms with Crippen molar-refractivity contribution >= 4 is 145 Å². The molecular weight excluding hydrogens is 1770 g/mol. The molecule has 4 aromatic heterocycles. The molecule has 0 saturated heterocycles. The zero-order valence-electron chi connectivity index (χ0n) is 107. The zero-order chi connectivity index (χ0) is 122. The molecular formula is C138H96N4Si2. The lowest BCUT2D eigenvalue weighted by molar-refractivity contribution is 1.17. The zero-order valence-corrected chi connectivity index (χ0v) is 78.9. The summed E-state index contributed by atoms with van der Waals surface area (Å²) in [6, 6.07) is 116. The van der Waals surface area contributed by atoms with Crippen LogP contribution < -0.4 is 41.5 Å². The van der Waals surface area contributed by atoms with E-state index in [1.807, 2.05) is 121 Å². The standard InChI is InChI=1S/C72H50N2Si.C66H46N2Si/c1-7-24-51(25-8-1)56-48-64(52-26-9-2-10-27-52)72(65(49-56)53-28-11-3-12-29-53)74-69-41-22-20-39-63(69)67-50-57(43-45-71(67)74)73-68-40-21-19-38-62(68)66-47-55(42-44-70(66)73)54-30-23-37-61(46-54)75(58-31-13-4-14-32-58,59-33-15-5-16-34-59)60-35-17-6-18-36-60;1-7-23-47(24-8-1)50-43-58(48-25-9-2-10-26-48)66(59(44-50)49-27-11-3-12-28-49)68-63-38-22-20-35-56(63)60-45-51(39-41-65(60)68)67-62-37-21-19-36-57(62)61-46-55(40-42-64(61)67)69(52-29-13-4-14-30-52,53-31-15-5-16-32-53)54-33-17-6-18-34-54/h1-50H;1-46H/i1D,2D,3D,7D,8D,9D,10D,11D,12D,24D,25D,26D,27D,28D,29D;1D,2D,3D,7D,8D,9D,10D,11D,12D,23D,24D,25D,26D,27D,28D. The van der Waals surface area contributed by atoms with E-state index < -0.39 is 197 Å². The van der Waals surface area contributed by atoms with Crippen LogP contribution in [0.4, 0.5) is 0 Å². The van der Waals surface area contributed by atoms with Crippen molar-refractivity contribution in [2.75, 3.05) is 0 Å². The Hall–Kier alpha value is -18.3. The molecule has 0 saturated carbocycles. The van der Waals surface area contributed by atoms with Crippen LogP contribution in [0.2, 0.25) is 0 Å². The van der Waals surface area contributed by atoms with Crippen LogP contribution in [0.25, 0.3) is 188 Å². The molecule has 0 unspecified atom stereocenters. The Morgan fingerprint density at radius 1 is 0.139 bits per heavy atom. The van der Waals surface area contributed by atoms with Crippen LogP contribution in [0.5, 0.6) is 0 Å². The van der Waals surface area contributed by atoms with Gasteiger partial charge in [0.15, 0.2) is 16.1 Å². The Morgan fingerprint density at radius 3 is 0.701 bits per heavy atom. The van der Waals surface area contributed by atoms with Crippen molar-refractivity contribution in [3.63, 3.8) is 0 Å². The van der Waals surface area contributed by atoms with Crippen LogP contribution in [0.1, 0.15) is 41.1 Å². The summed E-state index contributed by atoms with van der Waals surface area (Å²) in [4.78, 5) is 0. The topological polar surface area (TPSA) is 19.7 Å². The molecule has 0 aliphatic carbocycles. The van der Waals surface area contributed by atoms with Gasteiger partial charge in [-0.05, 0) is 200 Å². The quantitative estimate of drug-likeness (QED) is 0.0568. The first-order valence-electron chi connectivity index (χ1n) is 62.3. The third-order valence-corrected chi connectivity index (χ3v) is 37.3. The molecule has 0 aliphatic rings. The molecule has 27 rings (SSSR count). The Balaban J connectivity index is 0.000000169. The van der Waals surface area contributed by atoms with Gasteiger partial charge in [0.25, 0.3) is 0 Å². The number of hydrogen-bond acceptors (Lipinski definition) is 0. The highest BCUT2D eigenvalue weighted by atomic mass is 28.3. The molecule has 0 atom stereocenters. The first kappa shape index (κ1) is 59.9. The Labute approximate surface area is 882 Å². The monoisotopic (exact) mass is 1890 g/mol. The molecule has 4 heterocycles. The van der Waals surface area contributed by atoms with E-state index in [0.717, 1.165) is 66.1 Å². The lowest BCUT2D eigenvalue weighted by Gasteiger charge is -2.34. The summed E-state index contributed by atoms with van der Waals surface area (Å²) in [7, 11) is -5.83. The second-order valence-corrected chi connectivity index (χ2v) is 43.0. The van der Waals surface area contributed by atoms with E-state index in [-0.39, 0.29) is 78.1 Å². The van der Waals surface area contributed by atoms with Crippen LogP contribution in [-0.2, 0) is 0 Å². The Morgan fingerprint density at radius 2 is 0.375 bits per heavy atom. The molecule has 0 radical (unpaired) electrons. The molecule has 676 valence electrons. The number of aromatic nitrogens is 4. The van der Waals surface area contributed by atoms with Gasteiger partial charge in [-0.1, -0.05) is 479 Å². The van der Waals surface area contributed by atoms with Crippen LogP contribution in [0.15, 0.2) is 582 Å². The number of rotatable bonds is 19. The lowest BCUT2D eigenvalue weighted by atomic mass is 9.90. The van der Waals surface area contributed by atoms with Gasteiger partial charge in [0.1, 0.15) is 0 Å². The van der Waals surface area contributed by atoms with Crippen LogP contribution in [0.3, 0.4) is 0 Å². The predicted octanol–water partition coefficient (Wildman–Crippen LogP) is 30.2. The van der Waals surface area contributed by atoms with E-state index >= 15 is 0 Å². The summed E-state index contributed by atoms with van der Waals surface area (Å²) < 4.78 is 278. The molecule has 0 N–H and O–H groups in total. The van der Waals surface area contributed by atoms with Gasteiger partial charge in [-0.25, -0.2) is 0 Å². The maximum atomic E-state index is 9.47. The normalized spacial score (nSPS) is 14.7. The van der Waals surface area contributed by atoms with E-state index in [1.165, 1.54) is 65.8 Å². The van der Waals surface area contributed by atoms with Gasteiger partial charge >= 0.3 is 0 Å². The molecule has 0 bridgehead atoms. The molecule has 0 fully saturated rings. The number of fused-ring (bicyclic) bond motifs is 12. The van der Waals surface area contributed by atoms with Gasteiger partial charge in [0, 0.05) is 76.7 Å². The Kier molecular flexibility index (Phi) is 15.3. The highest BCUT2D eigenvalue weighted by Gasteiger charge is 2.44. The van der Waals surface area contributed by atoms with E-state index in [9.17, 15) is 11.0 Å². The second kappa shape index (κ2) is 36.8. The lowest BCUT2D eigenvalue weighted by Crippen LogP contribution is -2.74. The molecule has 6 heteroatoms. The summed E-state index contributed by atoms with van der Waals surface area (Å²) in [5, 5.41) is 16.8. The van der Waals surface area contributed by atoms with E-state index in [1.54, 1.807) is 9.13 Å². The van der Waals surface area contributed by atoms with Gasteiger partial charge < -0.3 is 18.3 Å². The minimum Gasteiger partial charge on any atom is -0.309 e. The van der Waals surface area contributed by atoms with Crippen molar-refractivity contribution in [1.82, 2.24) is 18.3 Å². The highest BCUT2D eigenvalue weighted by molar-refractivity contribution is 7.20. The van der Waals surface area contributed by atoms with E-state index in [0.29, 0.717) is 43.6 Å². The minimum atomic E-state index is -2.96. The number of hydrogen-bond donors (Lipinski definition) is 0. The molecule has 144 heavy (non-hydrogen) atoms. The fourth-order valence-corrected chi connectivity index (χ4v) is 31.4. The third kappa shape index (κ3) is 14.7. The van der Waals surface area contributed by atoms with Gasteiger partial charge in [0.2, 0.25) is 0 Å². The SMILES string of the molecule is [2H]c1c([2H])c([2H])c(-c2cc(-c3c([2H])c([2H])c([2H])c([2H])c3[2H])c(-n3c4ccccc4c4cc(-n5c6ccccc6c6cc(-c7cccc([Si](c8ccccc8)(c8ccccc8)c8ccccc8)c7)ccc65)ccc43)c(-c3c([2H])c([2H])c([2H])c([2H])c3[2H])c2)c([2H])c1[2H].[2H]c1c([2H])c([2H])c(-c2cc(-c3c([2H])c([2H])c([2H])c([2H])c3[2H])c(-n3c4ccccc4c4cc(-n5c6ccccc6c6cc([Si](c7ccccc7)(c7ccccc7)c7ccccc7)ccc65)ccc43)c(-c3c([2H])c([2H])c([2H])c([2H])c3[2H])c2)c([2H])c1[2H]. The molecule has 0 aliphatic heterocycles. The predicted molar refractivity (Wildman–Crippen MR) is 616 cm³/mol. The fourth-order valence-electron chi connectivity index (χ4n) is 21.8. The van der Waals surface area contributed by atoms with E-state index in [4.69, 9.17) is 30.2 Å². The van der Waals surface area contributed by atoms with Crippen molar-refractivity contribution in [2.45, 2.75) is 0 Å². The van der Waals surface area contributed by atoms with Crippen LogP contribution >= 0.6 is 0 Å². The minimum absolute atomic E-state index is 0.0341. The smallest absolute Gasteiger partial charge is 0.179 e. The Bertz CT molecular complexity index is 11000. The number of para-hydroxylation sites is 4. The number of nitrogens with zero attached hydrogens (tertiary/aromatic N) is 4. The second-order valence-electron chi connectivity index (χ2n) is 35.4. The number of benzene rings is 23. The van der Waals surface area contributed by atoms with Gasteiger partial charge in [-0.2, -0.15) is 0 Å². The third-order valence-electron chi connectivity index (χ3n) is 27.8. The van der Waals surface area contributed by atoms with E-state index in [2.05, 4.69) is 264 Å². The fraction of sp³-hybridized carbons (Fsp3) is 0. The van der Waals surface area contributed by atoms with Crippen LogP contribution in [-0.4, -0.2) is 34.4 Å². The molecule has 23 aromatic carbocycles. The highest BCUT2D eigenvalue weighted by Crippen LogP contribution is 2.49. The summed E-state index contributed by atoms with van der Waals surface area (Å²) in [6.07, 6.45) is 0. The summed E-state index contributed by atoms with van der Waals surface area (Å²) >= 11 is 0. The van der Waals surface area contributed by atoms with Crippen molar-refractivity contribution in [3.8, 4) is 101 Å². The largest absolute Gasteiger partial charge is 0.309 e. The summed E-state index contributed by atoms with van der Waals surface area (Å²) in [5.74, 6) is 0. The van der Waals surface area contributed by atoms with Gasteiger partial charge in [-0.15, -0.1) is 0 Å². The average Bonchev–Trinajstić information content (AvgIpc) is 1.62. The van der Waals surface area contributed by atoms with Gasteiger partial charge in [0.05, 0.1) is 96.6 Å². The average molecular weight is 1900 g/mol. The summed E-state index contributed by atoms with van der Waals surface area (Å²) in [6.45, 7) is 0.